The Kier molecular flexibility index (Phi) is 5.69. The van der Waals surface area contributed by atoms with Crippen LogP contribution in [0.3, 0.4) is 0 Å². The summed E-state index contributed by atoms with van der Waals surface area (Å²) in [5.74, 6) is 1.34. The summed E-state index contributed by atoms with van der Waals surface area (Å²) in [6.07, 6.45) is 4.98. The van der Waals surface area contributed by atoms with Crippen molar-refractivity contribution in [1.29, 1.82) is 0 Å². The number of rotatable bonds is 8. The van der Waals surface area contributed by atoms with Gasteiger partial charge in [-0.3, -0.25) is 4.79 Å². The number of aryl methyl sites for hydroxylation is 1. The number of furan rings is 1. The summed E-state index contributed by atoms with van der Waals surface area (Å²) in [5.41, 5.74) is 1.27. The van der Waals surface area contributed by atoms with E-state index in [1.807, 2.05) is 49.4 Å². The van der Waals surface area contributed by atoms with Gasteiger partial charge in [0.15, 0.2) is 6.67 Å². The summed E-state index contributed by atoms with van der Waals surface area (Å²) < 4.78 is 6.98. The van der Waals surface area contributed by atoms with Crippen LogP contribution in [0, 0.1) is 0 Å². The molecule has 0 spiro atoms. The van der Waals surface area contributed by atoms with E-state index in [0.29, 0.717) is 11.5 Å². The van der Waals surface area contributed by atoms with E-state index in [1.54, 1.807) is 35.2 Å². The zero-order chi connectivity index (χ0) is 20.9. The average Bonchev–Trinajstić information content (AvgIpc) is 3.54. The van der Waals surface area contributed by atoms with Crippen molar-refractivity contribution in [2.45, 2.75) is 32.5 Å². The quantitative estimate of drug-likeness (QED) is 0.447. The van der Waals surface area contributed by atoms with Crippen LogP contribution in [0.1, 0.15) is 29.6 Å². The number of carbonyl (C=O) groups excluding carboxylic acids is 1. The SMILES string of the molecule is CC(CCc1ccco1)N(C)C(=O)c1ccn(Cn2nnc(-c3ccccc3)n2)n1. The predicted molar refractivity (Wildman–Crippen MR) is 109 cm³/mol. The lowest BCUT2D eigenvalue weighted by Gasteiger charge is -2.23. The minimum Gasteiger partial charge on any atom is -0.469 e. The van der Waals surface area contributed by atoms with Crippen LogP contribution >= 0.6 is 0 Å². The van der Waals surface area contributed by atoms with E-state index in [4.69, 9.17) is 4.42 Å². The van der Waals surface area contributed by atoms with Gasteiger partial charge in [-0.1, -0.05) is 30.3 Å². The van der Waals surface area contributed by atoms with Crippen molar-refractivity contribution in [3.05, 3.63) is 72.4 Å². The number of benzene rings is 1. The highest BCUT2D eigenvalue weighted by molar-refractivity contribution is 5.92. The van der Waals surface area contributed by atoms with Gasteiger partial charge in [0.25, 0.3) is 5.91 Å². The lowest BCUT2D eigenvalue weighted by molar-refractivity contribution is 0.0729. The van der Waals surface area contributed by atoms with E-state index < -0.39 is 0 Å². The van der Waals surface area contributed by atoms with E-state index in [2.05, 4.69) is 20.5 Å². The van der Waals surface area contributed by atoms with Crippen LogP contribution < -0.4 is 0 Å². The monoisotopic (exact) mass is 405 g/mol. The number of tetrazole rings is 1. The number of aromatic nitrogens is 6. The predicted octanol–water partition coefficient (Wildman–Crippen LogP) is 2.73. The van der Waals surface area contributed by atoms with E-state index in [-0.39, 0.29) is 18.6 Å². The van der Waals surface area contributed by atoms with Crippen LogP contribution in [0.15, 0.2) is 65.4 Å². The molecule has 1 aromatic carbocycles. The number of nitrogens with zero attached hydrogens (tertiary/aromatic N) is 7. The van der Waals surface area contributed by atoms with Crippen LogP contribution in [0.5, 0.6) is 0 Å². The Labute approximate surface area is 173 Å². The van der Waals surface area contributed by atoms with Crippen LogP contribution in [0.4, 0.5) is 0 Å². The number of hydrogen-bond acceptors (Lipinski definition) is 6. The third-order valence-electron chi connectivity index (χ3n) is 4.99. The van der Waals surface area contributed by atoms with Gasteiger partial charge in [-0.05, 0) is 36.8 Å². The first kappa shape index (κ1) is 19.6. The van der Waals surface area contributed by atoms with Crippen LogP contribution in [-0.4, -0.2) is 53.9 Å². The number of amides is 1. The molecule has 1 amide bonds. The maximum atomic E-state index is 12.8. The Morgan fingerprint density at radius 3 is 2.73 bits per heavy atom. The molecule has 0 aliphatic rings. The summed E-state index contributed by atoms with van der Waals surface area (Å²) in [6.45, 7) is 2.28. The number of carbonyl (C=O) groups is 1. The zero-order valence-electron chi connectivity index (χ0n) is 16.9. The minimum atomic E-state index is -0.128. The Bertz CT molecular complexity index is 1090. The van der Waals surface area contributed by atoms with Gasteiger partial charge >= 0.3 is 0 Å². The first-order valence-electron chi connectivity index (χ1n) is 9.76. The van der Waals surface area contributed by atoms with Gasteiger partial charge in [0.1, 0.15) is 11.5 Å². The molecular weight excluding hydrogens is 382 g/mol. The fraction of sp³-hybridized carbons (Fsp3) is 0.286. The van der Waals surface area contributed by atoms with Crippen LogP contribution in [0.2, 0.25) is 0 Å². The third kappa shape index (κ3) is 4.45. The molecule has 0 saturated carbocycles. The second-order valence-corrected chi connectivity index (χ2v) is 7.12. The summed E-state index contributed by atoms with van der Waals surface area (Å²) in [6, 6.07) is 15.2. The van der Waals surface area contributed by atoms with Gasteiger partial charge in [0.2, 0.25) is 5.82 Å². The molecule has 0 aliphatic carbocycles. The Morgan fingerprint density at radius 1 is 1.13 bits per heavy atom. The maximum absolute atomic E-state index is 12.8. The summed E-state index contributed by atoms with van der Waals surface area (Å²) in [4.78, 5) is 15.9. The Morgan fingerprint density at radius 2 is 1.97 bits per heavy atom. The van der Waals surface area contributed by atoms with Gasteiger partial charge in [0.05, 0.1) is 6.26 Å². The molecule has 9 nitrogen and oxygen atoms in total. The molecule has 3 aromatic heterocycles. The van der Waals surface area contributed by atoms with E-state index in [0.717, 1.165) is 24.2 Å². The molecule has 0 radical (unpaired) electrons. The average molecular weight is 405 g/mol. The van der Waals surface area contributed by atoms with Crippen molar-refractivity contribution in [1.82, 2.24) is 34.9 Å². The molecule has 0 N–H and O–H groups in total. The molecule has 4 rings (SSSR count). The van der Waals surface area contributed by atoms with Crippen molar-refractivity contribution >= 4 is 5.91 Å². The lowest BCUT2D eigenvalue weighted by Crippen LogP contribution is -2.35. The third-order valence-corrected chi connectivity index (χ3v) is 4.99. The molecule has 0 saturated heterocycles. The molecular formula is C21H23N7O2. The Hall–Kier alpha value is -3.75. The molecule has 9 heteroatoms. The zero-order valence-corrected chi connectivity index (χ0v) is 16.9. The molecule has 1 unspecified atom stereocenters. The fourth-order valence-electron chi connectivity index (χ4n) is 3.07. The van der Waals surface area contributed by atoms with Crippen molar-refractivity contribution in [3.63, 3.8) is 0 Å². The van der Waals surface area contributed by atoms with Crippen LogP contribution in [-0.2, 0) is 13.1 Å². The van der Waals surface area contributed by atoms with Crippen molar-refractivity contribution in [2.24, 2.45) is 0 Å². The topological polar surface area (TPSA) is 94.9 Å². The first-order chi connectivity index (χ1) is 14.6. The van der Waals surface area contributed by atoms with Gasteiger partial charge < -0.3 is 9.32 Å². The molecule has 0 aliphatic heterocycles. The molecule has 4 aromatic rings. The first-order valence-corrected chi connectivity index (χ1v) is 9.76. The largest absolute Gasteiger partial charge is 0.469 e. The highest BCUT2D eigenvalue weighted by atomic mass is 16.3. The smallest absolute Gasteiger partial charge is 0.274 e. The van der Waals surface area contributed by atoms with Gasteiger partial charge in [-0.2, -0.15) is 5.10 Å². The summed E-state index contributed by atoms with van der Waals surface area (Å²) in [5, 5.41) is 16.9. The Balaban J connectivity index is 1.36. The second kappa shape index (κ2) is 8.73. The summed E-state index contributed by atoms with van der Waals surface area (Å²) in [7, 11) is 1.79. The lowest BCUT2D eigenvalue weighted by atomic mass is 10.1. The highest BCUT2D eigenvalue weighted by Crippen LogP contribution is 2.13. The van der Waals surface area contributed by atoms with Gasteiger partial charge in [0, 0.05) is 31.3 Å². The molecule has 1 atom stereocenters. The molecule has 3 heterocycles. The van der Waals surface area contributed by atoms with E-state index in [9.17, 15) is 4.79 Å². The molecule has 0 fully saturated rings. The van der Waals surface area contributed by atoms with Gasteiger partial charge in [-0.25, -0.2) is 4.68 Å². The number of hydrogen-bond donors (Lipinski definition) is 0. The minimum absolute atomic E-state index is 0.0539. The van der Waals surface area contributed by atoms with Crippen molar-refractivity contribution in [2.75, 3.05) is 7.05 Å². The second-order valence-electron chi connectivity index (χ2n) is 7.12. The summed E-state index contributed by atoms with van der Waals surface area (Å²) >= 11 is 0. The van der Waals surface area contributed by atoms with E-state index >= 15 is 0 Å². The molecule has 30 heavy (non-hydrogen) atoms. The van der Waals surface area contributed by atoms with Crippen molar-refractivity contribution < 1.29 is 9.21 Å². The molecule has 154 valence electrons. The van der Waals surface area contributed by atoms with Crippen LogP contribution in [0.25, 0.3) is 11.4 Å². The van der Waals surface area contributed by atoms with Crippen molar-refractivity contribution in [3.8, 4) is 11.4 Å². The normalized spacial score (nSPS) is 12.1. The molecule has 0 bridgehead atoms. The maximum Gasteiger partial charge on any atom is 0.274 e. The van der Waals surface area contributed by atoms with Gasteiger partial charge in [-0.15, -0.1) is 15.0 Å². The fourth-order valence-corrected chi connectivity index (χ4v) is 3.07. The standard InChI is InChI=1S/C21H23N7O2/c1-16(10-11-18-9-6-14-30-18)26(2)21(29)19-12-13-27(23-19)15-28-24-20(22-25-28)17-7-4-3-5-8-17/h3-9,12-14,16H,10-11,15H2,1-2H3. The van der Waals surface area contributed by atoms with E-state index in [1.165, 1.54) is 4.80 Å². The highest BCUT2D eigenvalue weighted by Gasteiger charge is 2.20.